The SMILES string of the molecule is FC(F)(F)OC1C=Cc2ccccc2O1. The molecule has 0 radical (unpaired) electrons. The number of para-hydroxylation sites is 1. The van der Waals surface area contributed by atoms with Crippen molar-refractivity contribution in [1.29, 1.82) is 0 Å². The Hall–Kier alpha value is -1.49. The molecule has 1 aliphatic heterocycles. The van der Waals surface area contributed by atoms with Crippen molar-refractivity contribution in [2.45, 2.75) is 12.7 Å². The maximum Gasteiger partial charge on any atom is 0.525 e. The predicted molar refractivity (Wildman–Crippen MR) is 47.0 cm³/mol. The highest BCUT2D eigenvalue weighted by atomic mass is 19.4. The van der Waals surface area contributed by atoms with E-state index in [1.54, 1.807) is 24.3 Å². The van der Waals surface area contributed by atoms with Crippen LogP contribution >= 0.6 is 0 Å². The molecule has 80 valence electrons. The summed E-state index contributed by atoms with van der Waals surface area (Å²) in [7, 11) is 0. The first-order valence-corrected chi connectivity index (χ1v) is 4.23. The van der Waals surface area contributed by atoms with E-state index in [-0.39, 0.29) is 0 Å². The molecule has 2 nitrogen and oxygen atoms in total. The standard InChI is InChI=1S/C10H7F3O2/c11-10(12,13)15-9-6-5-7-3-1-2-4-8(7)14-9/h1-6,9H. The fourth-order valence-electron chi connectivity index (χ4n) is 1.27. The first-order chi connectivity index (χ1) is 7.04. The van der Waals surface area contributed by atoms with Crippen LogP contribution in [-0.2, 0) is 4.74 Å². The maximum atomic E-state index is 11.9. The van der Waals surface area contributed by atoms with Crippen molar-refractivity contribution in [3.8, 4) is 5.75 Å². The average Bonchev–Trinajstić information content (AvgIpc) is 2.15. The van der Waals surface area contributed by atoms with Crippen molar-refractivity contribution in [2.75, 3.05) is 0 Å². The van der Waals surface area contributed by atoms with Crippen LogP contribution < -0.4 is 4.74 Å². The zero-order chi connectivity index (χ0) is 10.9. The molecule has 1 aliphatic rings. The highest BCUT2D eigenvalue weighted by molar-refractivity contribution is 5.59. The summed E-state index contributed by atoms with van der Waals surface area (Å²) in [5.74, 6) is 0.384. The topological polar surface area (TPSA) is 18.5 Å². The van der Waals surface area contributed by atoms with Gasteiger partial charge in [-0.3, -0.25) is 0 Å². The Morgan fingerprint density at radius 1 is 1.20 bits per heavy atom. The van der Waals surface area contributed by atoms with Crippen LogP contribution in [0, 0.1) is 0 Å². The zero-order valence-corrected chi connectivity index (χ0v) is 7.49. The van der Waals surface area contributed by atoms with Gasteiger partial charge in [-0.15, -0.1) is 13.2 Å². The molecule has 5 heteroatoms. The normalized spacial score (nSPS) is 19.5. The van der Waals surface area contributed by atoms with E-state index in [2.05, 4.69) is 4.74 Å². The van der Waals surface area contributed by atoms with E-state index in [0.717, 1.165) is 5.56 Å². The van der Waals surface area contributed by atoms with Gasteiger partial charge in [-0.25, -0.2) is 4.74 Å². The van der Waals surface area contributed by atoms with Crippen molar-refractivity contribution < 1.29 is 22.6 Å². The molecule has 2 rings (SSSR count). The van der Waals surface area contributed by atoms with Gasteiger partial charge < -0.3 is 4.74 Å². The summed E-state index contributed by atoms with van der Waals surface area (Å²) in [4.78, 5) is 0. The Kier molecular flexibility index (Phi) is 2.40. The molecule has 0 saturated heterocycles. The third-order valence-electron chi connectivity index (χ3n) is 1.84. The molecule has 0 fully saturated rings. The van der Waals surface area contributed by atoms with Gasteiger partial charge >= 0.3 is 6.36 Å². The summed E-state index contributed by atoms with van der Waals surface area (Å²) in [5.41, 5.74) is 0.736. The van der Waals surface area contributed by atoms with E-state index >= 15 is 0 Å². The highest BCUT2D eigenvalue weighted by Gasteiger charge is 2.34. The van der Waals surface area contributed by atoms with Gasteiger partial charge in [-0.2, -0.15) is 0 Å². The zero-order valence-electron chi connectivity index (χ0n) is 7.49. The van der Waals surface area contributed by atoms with Crippen LogP contribution in [-0.4, -0.2) is 12.7 Å². The molecule has 0 saturated carbocycles. The van der Waals surface area contributed by atoms with E-state index in [4.69, 9.17) is 4.74 Å². The third-order valence-corrected chi connectivity index (χ3v) is 1.84. The Morgan fingerprint density at radius 2 is 1.93 bits per heavy atom. The minimum atomic E-state index is -4.69. The van der Waals surface area contributed by atoms with Crippen LogP contribution in [0.25, 0.3) is 6.08 Å². The second-order valence-corrected chi connectivity index (χ2v) is 2.95. The summed E-state index contributed by atoms with van der Waals surface area (Å²) in [5, 5.41) is 0. The number of ether oxygens (including phenoxy) is 2. The Morgan fingerprint density at radius 3 is 2.67 bits per heavy atom. The van der Waals surface area contributed by atoms with Crippen molar-refractivity contribution in [1.82, 2.24) is 0 Å². The van der Waals surface area contributed by atoms with E-state index in [0.29, 0.717) is 5.75 Å². The fourth-order valence-corrected chi connectivity index (χ4v) is 1.27. The van der Waals surface area contributed by atoms with Gasteiger partial charge in [0.1, 0.15) is 5.75 Å². The molecule has 0 spiro atoms. The van der Waals surface area contributed by atoms with Gasteiger partial charge in [-0.05, 0) is 18.2 Å². The van der Waals surface area contributed by atoms with Gasteiger partial charge in [0.15, 0.2) is 0 Å². The lowest BCUT2D eigenvalue weighted by atomic mass is 10.1. The van der Waals surface area contributed by atoms with E-state index in [1.165, 1.54) is 12.2 Å². The van der Waals surface area contributed by atoms with Crippen LogP contribution in [0.15, 0.2) is 30.3 Å². The predicted octanol–water partition coefficient (Wildman–Crippen LogP) is 2.95. The van der Waals surface area contributed by atoms with Crippen LogP contribution in [0.4, 0.5) is 13.2 Å². The van der Waals surface area contributed by atoms with Crippen LogP contribution in [0.3, 0.4) is 0 Å². The largest absolute Gasteiger partial charge is 0.525 e. The molecule has 1 heterocycles. The van der Waals surface area contributed by atoms with E-state index < -0.39 is 12.7 Å². The number of fused-ring (bicyclic) bond motifs is 1. The molecular weight excluding hydrogens is 209 g/mol. The molecular formula is C10H7F3O2. The Bertz CT molecular complexity index is 384. The highest BCUT2D eigenvalue weighted by Crippen LogP contribution is 2.28. The van der Waals surface area contributed by atoms with Gasteiger partial charge in [-0.1, -0.05) is 18.2 Å². The quantitative estimate of drug-likeness (QED) is 0.718. The van der Waals surface area contributed by atoms with Crippen molar-refractivity contribution >= 4 is 6.08 Å². The molecule has 15 heavy (non-hydrogen) atoms. The van der Waals surface area contributed by atoms with Gasteiger partial charge in [0.25, 0.3) is 0 Å². The minimum Gasteiger partial charge on any atom is -0.460 e. The number of benzene rings is 1. The Labute approximate surface area is 83.9 Å². The second kappa shape index (κ2) is 3.58. The third kappa shape index (κ3) is 2.50. The summed E-state index contributed by atoms with van der Waals surface area (Å²) in [6, 6.07) is 6.79. The molecule has 1 atom stereocenters. The number of rotatable bonds is 1. The van der Waals surface area contributed by atoms with Gasteiger partial charge in [0.2, 0.25) is 6.29 Å². The number of hydrogen-bond donors (Lipinski definition) is 0. The minimum absolute atomic E-state index is 0.384. The van der Waals surface area contributed by atoms with Gasteiger partial charge in [0, 0.05) is 5.56 Å². The number of alkyl halides is 3. The van der Waals surface area contributed by atoms with Crippen molar-refractivity contribution in [2.24, 2.45) is 0 Å². The van der Waals surface area contributed by atoms with Crippen molar-refractivity contribution in [3.63, 3.8) is 0 Å². The van der Waals surface area contributed by atoms with E-state index in [9.17, 15) is 13.2 Å². The summed E-state index contributed by atoms with van der Waals surface area (Å²) < 4.78 is 44.3. The average molecular weight is 216 g/mol. The molecule has 0 N–H and O–H groups in total. The smallest absolute Gasteiger partial charge is 0.460 e. The number of halogens is 3. The summed E-state index contributed by atoms with van der Waals surface area (Å²) in [6.45, 7) is 0. The molecule has 0 amide bonds. The molecule has 0 bridgehead atoms. The lowest BCUT2D eigenvalue weighted by Gasteiger charge is -2.22. The second-order valence-electron chi connectivity index (χ2n) is 2.95. The lowest BCUT2D eigenvalue weighted by molar-refractivity contribution is -0.358. The molecule has 0 aromatic heterocycles. The van der Waals surface area contributed by atoms with Gasteiger partial charge in [0.05, 0.1) is 0 Å². The lowest BCUT2D eigenvalue weighted by Crippen LogP contribution is -2.28. The molecule has 0 aliphatic carbocycles. The van der Waals surface area contributed by atoms with Crippen molar-refractivity contribution in [3.05, 3.63) is 35.9 Å². The first-order valence-electron chi connectivity index (χ1n) is 4.23. The molecule has 1 unspecified atom stereocenters. The number of hydrogen-bond acceptors (Lipinski definition) is 2. The summed E-state index contributed by atoms with van der Waals surface area (Å²) >= 11 is 0. The fraction of sp³-hybridized carbons (Fsp3) is 0.200. The molecule has 1 aromatic rings. The van der Waals surface area contributed by atoms with Crippen LogP contribution in [0.5, 0.6) is 5.75 Å². The molecule has 1 aromatic carbocycles. The first kappa shape index (κ1) is 10.0. The van der Waals surface area contributed by atoms with E-state index in [1.807, 2.05) is 0 Å². The van der Waals surface area contributed by atoms with Crippen LogP contribution in [0.2, 0.25) is 0 Å². The maximum absolute atomic E-state index is 11.9. The summed E-state index contributed by atoms with van der Waals surface area (Å²) in [6.07, 6.45) is -3.34. The monoisotopic (exact) mass is 216 g/mol. The van der Waals surface area contributed by atoms with Crippen LogP contribution in [0.1, 0.15) is 5.56 Å². The Balaban J connectivity index is 2.13.